The zero-order chi connectivity index (χ0) is 32.4. The number of aromatic nitrogens is 3. The fourth-order valence-electron chi connectivity index (χ4n) is 7.03. The average molecular weight is 643 g/mol. The number of halogens is 5. The Morgan fingerprint density at radius 3 is 2.52 bits per heavy atom. The normalized spacial score (nSPS) is 20.7. The van der Waals surface area contributed by atoms with Gasteiger partial charge in [0.15, 0.2) is 5.82 Å². The largest absolute Gasteiger partial charge is 0.508 e. The molecule has 13 heteroatoms. The van der Waals surface area contributed by atoms with Crippen LogP contribution in [0.4, 0.5) is 27.8 Å². The quantitative estimate of drug-likeness (QED) is 0.211. The van der Waals surface area contributed by atoms with Crippen molar-refractivity contribution in [1.82, 2.24) is 25.2 Å². The number of phenols is 1. The number of nitrogens with zero attached hydrogens (tertiary/aromatic N) is 5. The highest BCUT2D eigenvalue weighted by molar-refractivity contribution is 6.01. The van der Waals surface area contributed by atoms with Gasteiger partial charge in [-0.25, -0.2) is 8.78 Å². The van der Waals surface area contributed by atoms with E-state index in [4.69, 9.17) is 9.72 Å². The van der Waals surface area contributed by atoms with Gasteiger partial charge in [0.1, 0.15) is 28.6 Å². The predicted molar refractivity (Wildman–Crippen MR) is 164 cm³/mol. The maximum atomic E-state index is 16.7. The number of hydrogen-bond acceptors (Lipinski definition) is 8. The van der Waals surface area contributed by atoms with Crippen molar-refractivity contribution >= 4 is 27.5 Å². The van der Waals surface area contributed by atoms with Gasteiger partial charge in [0.2, 0.25) is 0 Å². The van der Waals surface area contributed by atoms with Crippen molar-refractivity contribution < 1.29 is 31.8 Å². The Balaban J connectivity index is 1.29. The van der Waals surface area contributed by atoms with E-state index in [0.717, 1.165) is 12.8 Å². The van der Waals surface area contributed by atoms with Crippen LogP contribution in [0.25, 0.3) is 32.9 Å². The van der Waals surface area contributed by atoms with E-state index in [1.54, 1.807) is 13.8 Å². The number of anilines is 1. The molecule has 0 unspecified atom stereocenters. The molecule has 2 N–H and O–H groups in total. The fourth-order valence-corrected chi connectivity index (χ4v) is 7.03. The topological polar surface area (TPSA) is 86.6 Å². The van der Waals surface area contributed by atoms with E-state index in [1.807, 2.05) is 0 Å². The average Bonchev–Trinajstić information content (AvgIpc) is 3.70. The van der Waals surface area contributed by atoms with Gasteiger partial charge in [0.05, 0.1) is 18.5 Å². The monoisotopic (exact) mass is 642 g/mol. The number of phenolic OH excluding ortho intramolecular Hbond substituents is 1. The van der Waals surface area contributed by atoms with Gasteiger partial charge in [0, 0.05) is 48.9 Å². The molecule has 2 aromatic carbocycles. The summed E-state index contributed by atoms with van der Waals surface area (Å²) in [6.45, 7) is 4.13. The van der Waals surface area contributed by atoms with Crippen LogP contribution in [-0.4, -0.2) is 82.5 Å². The van der Waals surface area contributed by atoms with E-state index in [1.165, 1.54) is 35.4 Å². The van der Waals surface area contributed by atoms with Gasteiger partial charge in [0.25, 0.3) is 0 Å². The molecule has 8 nitrogen and oxygen atoms in total. The summed E-state index contributed by atoms with van der Waals surface area (Å²) in [5.74, 6) is -0.903. The molecule has 1 saturated carbocycles. The van der Waals surface area contributed by atoms with Gasteiger partial charge in [-0.1, -0.05) is 13.0 Å². The van der Waals surface area contributed by atoms with Crippen LogP contribution in [0.2, 0.25) is 0 Å². The Hall–Kier alpha value is -3.84. The number of aryl methyl sites for hydroxylation is 1. The number of aromatic hydroxyl groups is 1. The Morgan fingerprint density at radius 2 is 1.85 bits per heavy atom. The molecule has 46 heavy (non-hydrogen) atoms. The highest BCUT2D eigenvalue weighted by Gasteiger charge is 2.46. The van der Waals surface area contributed by atoms with Crippen LogP contribution in [-0.2, 0) is 0 Å². The first-order valence-corrected chi connectivity index (χ1v) is 15.6. The van der Waals surface area contributed by atoms with Crippen molar-refractivity contribution in [2.45, 2.75) is 57.8 Å². The molecule has 0 spiro atoms. The lowest BCUT2D eigenvalue weighted by atomic mass is 9.96. The summed E-state index contributed by atoms with van der Waals surface area (Å²) in [6, 6.07) is 6.10. The molecular formula is C33H35F5N6O2. The zero-order valence-corrected chi connectivity index (χ0v) is 25.6. The molecule has 7 rings (SSSR count). The van der Waals surface area contributed by atoms with Crippen molar-refractivity contribution in [2.24, 2.45) is 5.41 Å². The maximum Gasteiger partial charge on any atom is 0.401 e. The van der Waals surface area contributed by atoms with Crippen LogP contribution >= 0.6 is 0 Å². The van der Waals surface area contributed by atoms with Gasteiger partial charge in [-0.05, 0) is 73.7 Å². The lowest BCUT2D eigenvalue weighted by Crippen LogP contribution is -2.51. The second-order valence-corrected chi connectivity index (χ2v) is 13.0. The zero-order valence-electron chi connectivity index (χ0n) is 25.6. The number of ether oxygens (including phenoxy) is 1. The molecule has 2 atom stereocenters. The van der Waals surface area contributed by atoms with E-state index >= 15 is 4.39 Å². The second kappa shape index (κ2) is 11.4. The number of benzene rings is 2. The van der Waals surface area contributed by atoms with Crippen LogP contribution in [0.15, 0.2) is 30.5 Å². The molecule has 3 aliphatic rings. The van der Waals surface area contributed by atoms with E-state index < -0.39 is 29.8 Å². The number of hydrogen-bond donors (Lipinski definition) is 2. The number of rotatable bonds is 9. The van der Waals surface area contributed by atoms with Crippen LogP contribution < -0.4 is 15.0 Å². The van der Waals surface area contributed by atoms with E-state index in [0.29, 0.717) is 53.5 Å². The van der Waals surface area contributed by atoms with Crippen LogP contribution in [0.5, 0.6) is 11.8 Å². The van der Waals surface area contributed by atoms with E-state index in [9.17, 15) is 22.7 Å². The summed E-state index contributed by atoms with van der Waals surface area (Å²) < 4.78 is 76.8. The molecule has 2 bridgehead atoms. The number of pyridine rings is 1. The first-order chi connectivity index (χ1) is 21.9. The molecule has 1 aliphatic carbocycles. The number of piperazine rings is 1. The summed E-state index contributed by atoms with van der Waals surface area (Å²) in [6.07, 6.45) is 0.621. The summed E-state index contributed by atoms with van der Waals surface area (Å²) >= 11 is 0. The minimum absolute atomic E-state index is 0.0430. The van der Waals surface area contributed by atoms with Crippen molar-refractivity contribution in [1.29, 1.82) is 0 Å². The molecule has 2 saturated heterocycles. The Bertz CT molecular complexity index is 1800. The summed E-state index contributed by atoms with van der Waals surface area (Å²) in [5.41, 5.74) is -0.117. The Labute approximate surface area is 262 Å². The molecule has 2 aromatic heterocycles. The van der Waals surface area contributed by atoms with Crippen molar-refractivity contribution in [3.8, 4) is 23.0 Å². The number of nitrogens with one attached hydrogen (secondary N) is 1. The van der Waals surface area contributed by atoms with Gasteiger partial charge >= 0.3 is 12.2 Å². The molecule has 0 radical (unpaired) electrons. The first-order valence-electron chi connectivity index (χ1n) is 15.6. The number of fused-ring (bicyclic) bond motifs is 4. The first kappa shape index (κ1) is 30.8. The lowest BCUT2D eigenvalue weighted by molar-refractivity contribution is -0.147. The fraction of sp³-hybridized carbons (Fsp3) is 0.485. The van der Waals surface area contributed by atoms with Gasteiger partial charge in [-0.15, -0.1) is 0 Å². The highest BCUT2D eigenvalue weighted by Crippen LogP contribution is 2.47. The molecule has 4 aromatic rings. The minimum atomic E-state index is -4.31. The Morgan fingerprint density at radius 1 is 1.11 bits per heavy atom. The summed E-state index contributed by atoms with van der Waals surface area (Å²) in [4.78, 5) is 17.1. The van der Waals surface area contributed by atoms with Crippen molar-refractivity contribution in [3.63, 3.8) is 0 Å². The molecule has 0 amide bonds. The van der Waals surface area contributed by atoms with Crippen molar-refractivity contribution in [3.05, 3.63) is 47.7 Å². The van der Waals surface area contributed by atoms with Crippen LogP contribution in [0.1, 0.15) is 38.2 Å². The number of alkyl halides is 3. The van der Waals surface area contributed by atoms with Crippen molar-refractivity contribution in [2.75, 3.05) is 44.2 Å². The van der Waals surface area contributed by atoms with Gasteiger partial charge < -0.3 is 20.1 Å². The molecule has 2 aliphatic heterocycles. The standard InChI is InChI=1S/C33H35F5N6O2/c1-3-43(16-33(36,37)38)15-32(8-9-32)17-46-31-41-29-24(30(42-31)44-13-20-5-6-21(14-44)40-20)12-39-28(27(29)35)23-11-22(45)10-19-4-7-25(34)18(2)26(19)23/h4,7,10-12,20-21,40,45H,3,5-6,8-9,13-17H2,1-2H3/t20-,21+. The molecule has 244 valence electrons. The van der Waals surface area contributed by atoms with Crippen LogP contribution in [0.3, 0.4) is 0 Å². The lowest BCUT2D eigenvalue weighted by Gasteiger charge is -2.34. The molecular weight excluding hydrogens is 607 g/mol. The van der Waals surface area contributed by atoms with E-state index in [2.05, 4.69) is 20.2 Å². The SMILES string of the molecule is CCN(CC(F)(F)F)CC1(COc2nc(N3C[C@H]4CC[C@@H](C3)N4)c3cnc(-c4cc(O)cc5ccc(F)c(C)c45)c(F)c3n2)CC1. The van der Waals surface area contributed by atoms with Gasteiger partial charge in [-0.2, -0.15) is 23.1 Å². The minimum Gasteiger partial charge on any atom is -0.508 e. The third kappa shape index (κ3) is 5.90. The second-order valence-electron chi connectivity index (χ2n) is 13.0. The summed E-state index contributed by atoms with van der Waals surface area (Å²) in [5, 5.41) is 15.4. The Kier molecular flexibility index (Phi) is 7.66. The predicted octanol–water partition coefficient (Wildman–Crippen LogP) is 6.12. The van der Waals surface area contributed by atoms with E-state index in [-0.39, 0.29) is 60.3 Å². The van der Waals surface area contributed by atoms with Crippen LogP contribution in [0, 0.1) is 24.0 Å². The third-order valence-corrected chi connectivity index (χ3v) is 9.58. The molecule has 4 heterocycles. The molecule has 3 fully saturated rings. The maximum absolute atomic E-state index is 16.7. The third-order valence-electron chi connectivity index (χ3n) is 9.58. The summed E-state index contributed by atoms with van der Waals surface area (Å²) in [7, 11) is 0. The highest BCUT2D eigenvalue weighted by atomic mass is 19.4. The smallest absolute Gasteiger partial charge is 0.401 e. The van der Waals surface area contributed by atoms with Gasteiger partial charge in [-0.3, -0.25) is 9.88 Å².